The Bertz CT molecular complexity index is 1570. The maximum Gasteiger partial charge on any atom is 0.307 e. The molecular weight excluding hydrogens is 677 g/mol. The number of nitro benzene ring substituents is 1. The zero-order valence-corrected chi connectivity index (χ0v) is 29.5. The first-order valence-corrected chi connectivity index (χ1v) is 16.8. The molecule has 0 aliphatic carbocycles. The molecule has 3 aromatic carbocycles. The molecule has 13 nitrogen and oxygen atoms in total. The topological polar surface area (TPSA) is 145 Å². The molecule has 0 aromatic heterocycles. The number of benzene rings is 3. The molecule has 0 unspecified atom stereocenters. The third-order valence-electron chi connectivity index (χ3n) is 7.09. The van der Waals surface area contributed by atoms with Crippen LogP contribution in [-0.4, -0.2) is 75.2 Å². The summed E-state index contributed by atoms with van der Waals surface area (Å²) in [5, 5.41) is 19.6. The predicted octanol–water partition coefficient (Wildman–Crippen LogP) is 8.03. The average molecular weight is 719 g/mol. The zero-order valence-electron chi connectivity index (χ0n) is 28.0. The number of non-ortho nitro benzene ring substituents is 1. The monoisotopic (exact) mass is 717 g/mol. The van der Waals surface area contributed by atoms with Crippen LogP contribution in [0.4, 0.5) is 34.1 Å². The van der Waals surface area contributed by atoms with Crippen molar-refractivity contribution in [2.45, 2.75) is 33.6 Å². The van der Waals surface area contributed by atoms with Crippen LogP contribution in [0, 0.1) is 17.0 Å². The fourth-order valence-electron chi connectivity index (χ4n) is 4.72. The number of anilines is 3. The zero-order chi connectivity index (χ0) is 35.8. The maximum absolute atomic E-state index is 11.9. The second-order valence-electron chi connectivity index (χ2n) is 10.5. The number of hydrogen-bond donors (Lipinski definition) is 0. The van der Waals surface area contributed by atoms with Crippen molar-refractivity contribution in [3.05, 3.63) is 70.3 Å². The lowest BCUT2D eigenvalue weighted by Gasteiger charge is -2.28. The predicted molar refractivity (Wildman–Crippen MR) is 190 cm³/mol. The normalized spacial score (nSPS) is 10.9. The van der Waals surface area contributed by atoms with E-state index in [1.165, 1.54) is 24.3 Å². The third kappa shape index (κ3) is 11.8. The molecule has 3 aromatic rings. The summed E-state index contributed by atoms with van der Waals surface area (Å²) in [4.78, 5) is 38.2. The fourth-order valence-corrected chi connectivity index (χ4v) is 5.03. The summed E-state index contributed by atoms with van der Waals surface area (Å²) in [6.07, 6.45) is 0.242. The molecule has 0 N–H and O–H groups in total. The van der Waals surface area contributed by atoms with Crippen LogP contribution in [0.25, 0.3) is 0 Å². The smallest absolute Gasteiger partial charge is 0.307 e. The van der Waals surface area contributed by atoms with Crippen LogP contribution in [0.15, 0.2) is 64.8 Å². The Labute approximate surface area is 295 Å². The Balaban J connectivity index is 1.90. The third-order valence-corrected chi connectivity index (χ3v) is 7.47. The van der Waals surface area contributed by atoms with Crippen molar-refractivity contribution in [1.82, 2.24) is 0 Å². The summed E-state index contributed by atoms with van der Waals surface area (Å²) in [6, 6.07) is 15.3. The van der Waals surface area contributed by atoms with Crippen molar-refractivity contribution >= 4 is 69.3 Å². The number of carbonyl (C=O) groups is 2. The van der Waals surface area contributed by atoms with Crippen molar-refractivity contribution in [1.29, 1.82) is 0 Å². The SMILES string of the molecule is CCOc1cc(N(C)c2ccc(N(CCOC(=O)CCCl)CCOC(=O)CCCl)cc2C)c(OCC)cc1/N=N/c1ccc([N+](=O)[O-])cc1. The van der Waals surface area contributed by atoms with Gasteiger partial charge in [-0.3, -0.25) is 19.7 Å². The van der Waals surface area contributed by atoms with Crippen molar-refractivity contribution in [2.75, 3.05) is 68.1 Å². The molecule has 0 bridgehead atoms. The molecule has 0 heterocycles. The fraction of sp³-hybridized carbons (Fsp3) is 0.412. The number of azo groups is 1. The first kappa shape index (κ1) is 38.8. The minimum atomic E-state index is -0.475. The lowest BCUT2D eigenvalue weighted by Crippen LogP contribution is -2.32. The van der Waals surface area contributed by atoms with E-state index in [9.17, 15) is 19.7 Å². The minimum absolute atomic E-state index is 0.0387. The van der Waals surface area contributed by atoms with Gasteiger partial charge < -0.3 is 28.7 Å². The highest BCUT2D eigenvalue weighted by Gasteiger charge is 2.19. The van der Waals surface area contributed by atoms with Gasteiger partial charge in [0, 0.05) is 54.4 Å². The van der Waals surface area contributed by atoms with Crippen LogP contribution in [0.1, 0.15) is 32.3 Å². The van der Waals surface area contributed by atoms with E-state index in [0.717, 1.165) is 22.6 Å². The van der Waals surface area contributed by atoms with Crippen LogP contribution in [0.3, 0.4) is 0 Å². The van der Waals surface area contributed by atoms with Crippen LogP contribution in [0.2, 0.25) is 0 Å². The van der Waals surface area contributed by atoms with E-state index in [-0.39, 0.29) is 55.4 Å². The van der Waals surface area contributed by atoms with Crippen molar-refractivity contribution < 1.29 is 33.5 Å². The first-order valence-electron chi connectivity index (χ1n) is 15.7. The lowest BCUT2D eigenvalue weighted by atomic mass is 10.1. The van der Waals surface area contributed by atoms with E-state index in [1.807, 2.05) is 61.9 Å². The van der Waals surface area contributed by atoms with E-state index >= 15 is 0 Å². The summed E-state index contributed by atoms with van der Waals surface area (Å²) >= 11 is 11.3. The molecule has 0 atom stereocenters. The van der Waals surface area contributed by atoms with E-state index in [1.54, 1.807) is 6.07 Å². The summed E-state index contributed by atoms with van der Waals surface area (Å²) in [5.74, 6) is 0.623. The number of alkyl halides is 2. The Kier molecular flexibility index (Phi) is 15.9. The molecule has 0 fully saturated rings. The first-order chi connectivity index (χ1) is 23.6. The molecule has 15 heteroatoms. The Hall–Kier alpha value is -4.62. The van der Waals surface area contributed by atoms with Gasteiger partial charge in [0.05, 0.1) is 55.4 Å². The number of ether oxygens (including phenoxy) is 4. The molecule has 0 amide bonds. The number of hydrogen-bond acceptors (Lipinski definition) is 12. The molecule has 0 saturated heterocycles. The van der Waals surface area contributed by atoms with Gasteiger partial charge in [-0.1, -0.05) is 0 Å². The largest absolute Gasteiger partial charge is 0.492 e. The highest BCUT2D eigenvalue weighted by Crippen LogP contribution is 2.43. The highest BCUT2D eigenvalue weighted by atomic mass is 35.5. The highest BCUT2D eigenvalue weighted by molar-refractivity contribution is 6.19. The van der Waals surface area contributed by atoms with Gasteiger partial charge in [-0.05, 0) is 56.7 Å². The summed E-state index contributed by atoms with van der Waals surface area (Å²) < 4.78 is 22.6. The number of nitrogens with zero attached hydrogens (tertiary/aromatic N) is 5. The van der Waals surface area contributed by atoms with Crippen LogP contribution >= 0.6 is 23.2 Å². The Morgan fingerprint density at radius 1 is 0.816 bits per heavy atom. The van der Waals surface area contributed by atoms with Gasteiger partial charge in [0.1, 0.15) is 30.4 Å². The van der Waals surface area contributed by atoms with Gasteiger partial charge in [-0.25, -0.2) is 0 Å². The van der Waals surface area contributed by atoms with Gasteiger partial charge in [0.25, 0.3) is 5.69 Å². The molecule has 0 aliphatic rings. The van der Waals surface area contributed by atoms with E-state index in [4.69, 9.17) is 42.1 Å². The molecule has 3 rings (SSSR count). The molecule has 0 saturated carbocycles. The number of carbonyl (C=O) groups excluding carboxylic acids is 2. The van der Waals surface area contributed by atoms with Crippen LogP contribution in [0.5, 0.6) is 11.5 Å². The Morgan fingerprint density at radius 3 is 1.94 bits per heavy atom. The summed E-state index contributed by atoms with van der Waals surface area (Å²) in [5.41, 5.74) is 4.23. The summed E-state index contributed by atoms with van der Waals surface area (Å²) in [7, 11) is 1.91. The minimum Gasteiger partial charge on any atom is -0.492 e. The number of rotatable bonds is 20. The van der Waals surface area contributed by atoms with E-state index in [2.05, 4.69) is 10.2 Å². The quantitative estimate of drug-likeness (QED) is 0.0370. The second kappa shape index (κ2) is 20.0. The number of aryl methyl sites for hydroxylation is 1. The molecule has 264 valence electrons. The van der Waals surface area contributed by atoms with Gasteiger partial charge in [-0.2, -0.15) is 5.11 Å². The van der Waals surface area contributed by atoms with Crippen molar-refractivity contribution in [3.63, 3.8) is 0 Å². The van der Waals surface area contributed by atoms with Crippen molar-refractivity contribution in [3.8, 4) is 11.5 Å². The van der Waals surface area contributed by atoms with E-state index < -0.39 is 4.92 Å². The van der Waals surface area contributed by atoms with Gasteiger partial charge >= 0.3 is 11.9 Å². The molecule has 0 spiro atoms. The standard InChI is InChI=1S/C34H41Cl2N5O8/c1-5-46-31-23-30(32(47-6-2)22-28(31)38-37-25-7-9-26(10-8-25)41(44)45)39(4)29-12-11-27(21-24(29)3)40(17-19-48-33(42)13-15-35)18-20-49-34(43)14-16-36/h7-12,21-23H,5-6,13-20H2,1-4H3/b38-37+. The summed E-state index contributed by atoms with van der Waals surface area (Å²) in [6.45, 7) is 7.52. The number of nitro groups is 1. The van der Waals surface area contributed by atoms with Crippen molar-refractivity contribution in [2.24, 2.45) is 10.2 Å². The molecular formula is C34H41Cl2N5O8. The molecule has 49 heavy (non-hydrogen) atoms. The van der Waals surface area contributed by atoms with Crippen LogP contribution in [-0.2, 0) is 19.1 Å². The number of halogens is 2. The van der Waals surface area contributed by atoms with E-state index in [0.29, 0.717) is 49.2 Å². The lowest BCUT2D eigenvalue weighted by molar-refractivity contribution is -0.384. The van der Waals surface area contributed by atoms with Gasteiger partial charge in [0.2, 0.25) is 0 Å². The van der Waals surface area contributed by atoms with Gasteiger partial charge in [-0.15, -0.1) is 28.3 Å². The second-order valence-corrected chi connectivity index (χ2v) is 11.2. The average Bonchev–Trinajstić information content (AvgIpc) is 3.07. The number of esters is 2. The Morgan fingerprint density at radius 2 is 1.41 bits per heavy atom. The maximum atomic E-state index is 11.9. The molecule has 0 radical (unpaired) electrons. The van der Waals surface area contributed by atoms with Gasteiger partial charge in [0.15, 0.2) is 0 Å². The molecule has 0 aliphatic heterocycles. The van der Waals surface area contributed by atoms with Crippen LogP contribution < -0.4 is 19.3 Å².